The van der Waals surface area contributed by atoms with Crippen molar-refractivity contribution < 1.29 is 4.74 Å². The molecule has 0 spiro atoms. The Kier molecular flexibility index (Phi) is 3.91. The molecule has 0 aliphatic carbocycles. The van der Waals surface area contributed by atoms with Gasteiger partial charge in [-0.15, -0.1) is 0 Å². The van der Waals surface area contributed by atoms with Crippen molar-refractivity contribution in [3.05, 3.63) is 11.2 Å². The molecule has 0 aliphatic rings. The highest BCUT2D eigenvalue weighted by Crippen LogP contribution is 2.22. The quantitative estimate of drug-likeness (QED) is 0.591. The number of anilines is 1. The monoisotopic (exact) mass is 216 g/mol. The highest BCUT2D eigenvalue weighted by atomic mass is 35.5. The molecule has 0 saturated carbocycles. The molecule has 1 aromatic rings. The van der Waals surface area contributed by atoms with Gasteiger partial charge in [0.15, 0.2) is 0 Å². The number of hydrazine groups is 1. The number of nitrogen functional groups attached to an aromatic ring is 1. The van der Waals surface area contributed by atoms with Crippen LogP contribution in [0.15, 0.2) is 6.20 Å². The molecule has 3 N–H and O–H groups in total. The number of nitrogens with zero attached hydrogens (tertiary/aromatic N) is 2. The molecule has 1 rings (SSSR count). The van der Waals surface area contributed by atoms with Gasteiger partial charge in [0, 0.05) is 0 Å². The zero-order valence-electron chi connectivity index (χ0n) is 8.12. The van der Waals surface area contributed by atoms with E-state index in [0.717, 1.165) is 6.42 Å². The van der Waals surface area contributed by atoms with E-state index >= 15 is 0 Å². The maximum Gasteiger partial charge on any atom is 0.240 e. The zero-order valence-corrected chi connectivity index (χ0v) is 8.88. The van der Waals surface area contributed by atoms with Gasteiger partial charge in [-0.05, 0) is 13.3 Å². The summed E-state index contributed by atoms with van der Waals surface area (Å²) in [4.78, 5) is 7.81. The largest absolute Gasteiger partial charge is 0.473 e. The van der Waals surface area contributed by atoms with Crippen LogP contribution in [-0.2, 0) is 0 Å². The molecule has 0 amide bonds. The van der Waals surface area contributed by atoms with Gasteiger partial charge >= 0.3 is 0 Å². The Morgan fingerprint density at radius 3 is 3.00 bits per heavy atom. The highest BCUT2D eigenvalue weighted by Gasteiger charge is 2.08. The van der Waals surface area contributed by atoms with Gasteiger partial charge in [0.25, 0.3) is 0 Å². The van der Waals surface area contributed by atoms with Crippen molar-refractivity contribution >= 4 is 17.5 Å². The molecular formula is C8H13ClN4O. The first-order chi connectivity index (χ1) is 6.67. The third-order valence-electron chi connectivity index (χ3n) is 1.73. The van der Waals surface area contributed by atoms with Crippen LogP contribution in [0.5, 0.6) is 5.88 Å². The van der Waals surface area contributed by atoms with Crippen LogP contribution in [0.3, 0.4) is 0 Å². The topological polar surface area (TPSA) is 73.1 Å². The fourth-order valence-corrected chi connectivity index (χ4v) is 0.913. The first-order valence-electron chi connectivity index (χ1n) is 4.33. The molecule has 14 heavy (non-hydrogen) atoms. The standard InChI is InChI=1S/C8H13ClN4O/c1-3-5(2)14-7-6(9)4-11-8(12-7)13-10/h4-5H,3,10H2,1-2H3,(H,11,12,13). The molecule has 5 nitrogen and oxygen atoms in total. The second-order valence-corrected chi connectivity index (χ2v) is 3.23. The smallest absolute Gasteiger partial charge is 0.240 e. The van der Waals surface area contributed by atoms with Gasteiger partial charge in [0.1, 0.15) is 5.02 Å². The normalized spacial score (nSPS) is 12.3. The molecule has 0 aliphatic heterocycles. The van der Waals surface area contributed by atoms with Crippen LogP contribution in [0.1, 0.15) is 20.3 Å². The van der Waals surface area contributed by atoms with Crippen LogP contribution < -0.4 is 16.0 Å². The van der Waals surface area contributed by atoms with Gasteiger partial charge in [-0.1, -0.05) is 18.5 Å². The summed E-state index contributed by atoms with van der Waals surface area (Å²) in [6, 6.07) is 0. The minimum absolute atomic E-state index is 0.0630. The molecule has 1 atom stereocenters. The molecule has 1 heterocycles. The summed E-state index contributed by atoms with van der Waals surface area (Å²) < 4.78 is 5.46. The Bertz CT molecular complexity index is 307. The van der Waals surface area contributed by atoms with Crippen molar-refractivity contribution in [1.82, 2.24) is 9.97 Å². The second kappa shape index (κ2) is 4.97. The summed E-state index contributed by atoms with van der Waals surface area (Å²) in [5.74, 6) is 5.79. The summed E-state index contributed by atoms with van der Waals surface area (Å²) in [5, 5.41) is 0.379. The summed E-state index contributed by atoms with van der Waals surface area (Å²) in [7, 11) is 0. The average Bonchev–Trinajstić information content (AvgIpc) is 2.21. The van der Waals surface area contributed by atoms with Crippen molar-refractivity contribution in [2.75, 3.05) is 5.43 Å². The fraction of sp³-hybridized carbons (Fsp3) is 0.500. The molecule has 0 aromatic carbocycles. The Morgan fingerprint density at radius 2 is 2.43 bits per heavy atom. The third kappa shape index (κ3) is 2.71. The van der Waals surface area contributed by atoms with Gasteiger partial charge in [-0.2, -0.15) is 4.98 Å². The van der Waals surface area contributed by atoms with Crippen LogP contribution in [-0.4, -0.2) is 16.1 Å². The molecule has 0 bridgehead atoms. The molecule has 1 aromatic heterocycles. The van der Waals surface area contributed by atoms with E-state index in [0.29, 0.717) is 10.9 Å². The Labute approximate surface area is 87.6 Å². The van der Waals surface area contributed by atoms with E-state index in [-0.39, 0.29) is 12.1 Å². The van der Waals surface area contributed by atoms with E-state index in [4.69, 9.17) is 22.2 Å². The summed E-state index contributed by atoms with van der Waals surface area (Å²) >= 11 is 5.84. The predicted molar refractivity (Wildman–Crippen MR) is 55.2 cm³/mol. The SMILES string of the molecule is CCC(C)Oc1nc(NN)ncc1Cl. The molecule has 0 saturated heterocycles. The number of halogens is 1. The van der Waals surface area contributed by atoms with Gasteiger partial charge < -0.3 is 4.74 Å². The Morgan fingerprint density at radius 1 is 1.71 bits per heavy atom. The van der Waals surface area contributed by atoms with Gasteiger partial charge in [0.05, 0.1) is 12.3 Å². The van der Waals surface area contributed by atoms with Crippen LogP contribution in [0.4, 0.5) is 5.95 Å². The lowest BCUT2D eigenvalue weighted by molar-refractivity contribution is 0.209. The fourth-order valence-electron chi connectivity index (χ4n) is 0.778. The van der Waals surface area contributed by atoms with E-state index in [2.05, 4.69) is 15.4 Å². The number of rotatable bonds is 4. The number of hydrogen-bond donors (Lipinski definition) is 2. The van der Waals surface area contributed by atoms with Crippen molar-refractivity contribution in [1.29, 1.82) is 0 Å². The molecule has 0 fully saturated rings. The van der Waals surface area contributed by atoms with Crippen molar-refractivity contribution in [3.63, 3.8) is 0 Å². The lowest BCUT2D eigenvalue weighted by Crippen LogP contribution is -2.14. The minimum Gasteiger partial charge on any atom is -0.473 e. The summed E-state index contributed by atoms with van der Waals surface area (Å²) in [6.45, 7) is 3.95. The van der Waals surface area contributed by atoms with Crippen molar-refractivity contribution in [3.8, 4) is 5.88 Å². The number of aromatic nitrogens is 2. The molecule has 78 valence electrons. The molecule has 1 unspecified atom stereocenters. The average molecular weight is 217 g/mol. The number of ether oxygens (including phenoxy) is 1. The van der Waals surface area contributed by atoms with E-state index in [1.807, 2.05) is 13.8 Å². The predicted octanol–water partition coefficient (Wildman–Crippen LogP) is 1.59. The van der Waals surface area contributed by atoms with Crippen LogP contribution >= 0.6 is 11.6 Å². The van der Waals surface area contributed by atoms with Crippen LogP contribution in [0.25, 0.3) is 0 Å². The maximum absolute atomic E-state index is 5.84. The second-order valence-electron chi connectivity index (χ2n) is 2.83. The molecular weight excluding hydrogens is 204 g/mol. The van der Waals surface area contributed by atoms with Gasteiger partial charge in [-0.3, -0.25) is 5.43 Å². The number of nitrogens with two attached hydrogens (primary N) is 1. The lowest BCUT2D eigenvalue weighted by atomic mass is 10.3. The molecule has 6 heteroatoms. The maximum atomic E-state index is 5.84. The molecule has 0 radical (unpaired) electrons. The number of nitrogens with one attached hydrogen (secondary N) is 1. The van der Waals surface area contributed by atoms with Crippen LogP contribution in [0.2, 0.25) is 5.02 Å². The third-order valence-corrected chi connectivity index (χ3v) is 1.99. The van der Waals surface area contributed by atoms with Crippen molar-refractivity contribution in [2.45, 2.75) is 26.4 Å². The van der Waals surface area contributed by atoms with E-state index in [9.17, 15) is 0 Å². The van der Waals surface area contributed by atoms with Crippen molar-refractivity contribution in [2.24, 2.45) is 5.84 Å². The Hall–Kier alpha value is -1.07. The Balaban J connectivity index is 2.83. The van der Waals surface area contributed by atoms with E-state index in [1.54, 1.807) is 0 Å². The first-order valence-corrected chi connectivity index (χ1v) is 4.71. The summed E-state index contributed by atoms with van der Waals surface area (Å²) in [6.07, 6.45) is 2.39. The first kappa shape index (κ1) is 11.0. The van der Waals surface area contributed by atoms with Crippen LogP contribution in [0, 0.1) is 0 Å². The highest BCUT2D eigenvalue weighted by molar-refractivity contribution is 6.31. The van der Waals surface area contributed by atoms with E-state index < -0.39 is 0 Å². The zero-order chi connectivity index (χ0) is 10.6. The number of hydrogen-bond acceptors (Lipinski definition) is 5. The van der Waals surface area contributed by atoms with E-state index in [1.165, 1.54) is 6.20 Å². The summed E-state index contributed by atoms with van der Waals surface area (Å²) in [5.41, 5.74) is 2.32. The lowest BCUT2D eigenvalue weighted by Gasteiger charge is -2.12. The minimum atomic E-state index is 0.0630. The van der Waals surface area contributed by atoms with Gasteiger partial charge in [0.2, 0.25) is 11.8 Å². The van der Waals surface area contributed by atoms with Gasteiger partial charge in [-0.25, -0.2) is 10.8 Å².